The zero-order valence-corrected chi connectivity index (χ0v) is 22.2. The molecule has 1 fully saturated rings. The molecule has 37 heavy (non-hydrogen) atoms. The van der Waals surface area contributed by atoms with Crippen molar-refractivity contribution >= 4 is 17.5 Å². The van der Waals surface area contributed by atoms with Crippen LogP contribution >= 0.6 is 11.6 Å². The predicted molar refractivity (Wildman–Crippen MR) is 143 cm³/mol. The van der Waals surface area contributed by atoms with Gasteiger partial charge in [-0.1, -0.05) is 41.9 Å². The Morgan fingerprint density at radius 3 is 2.46 bits per heavy atom. The average molecular weight is 519 g/mol. The summed E-state index contributed by atoms with van der Waals surface area (Å²) in [5, 5.41) is 5.32. The number of aromatic nitrogens is 2. The van der Waals surface area contributed by atoms with Gasteiger partial charge in [-0.05, 0) is 56.7 Å². The van der Waals surface area contributed by atoms with E-state index in [1.54, 1.807) is 18.2 Å². The molecule has 3 heterocycles. The Labute approximate surface area is 222 Å². The summed E-state index contributed by atoms with van der Waals surface area (Å²) in [6.45, 7) is 10.0. The summed E-state index contributed by atoms with van der Waals surface area (Å²) in [5.41, 5.74) is 5.45. The first-order valence-corrected chi connectivity index (χ1v) is 12.9. The second-order valence-electron chi connectivity index (χ2n) is 9.41. The van der Waals surface area contributed by atoms with Gasteiger partial charge in [-0.3, -0.25) is 9.69 Å². The fraction of sp³-hybridized carbons (Fsp3) is 0.310. The summed E-state index contributed by atoms with van der Waals surface area (Å²) in [5.74, 6) is 1.45. The zero-order chi connectivity index (χ0) is 25.9. The van der Waals surface area contributed by atoms with Crippen molar-refractivity contribution in [2.75, 3.05) is 26.2 Å². The number of piperazine rings is 1. The fourth-order valence-corrected chi connectivity index (χ4v) is 5.00. The van der Waals surface area contributed by atoms with E-state index >= 15 is 0 Å². The Morgan fingerprint density at radius 2 is 1.73 bits per heavy atom. The van der Waals surface area contributed by atoms with Gasteiger partial charge in [-0.15, -0.1) is 0 Å². The molecule has 7 nitrogen and oxygen atoms in total. The molecule has 2 aromatic heterocycles. The number of aryl methyl sites for hydroxylation is 2. The zero-order valence-electron chi connectivity index (χ0n) is 21.4. The van der Waals surface area contributed by atoms with Gasteiger partial charge >= 0.3 is 0 Å². The Balaban J connectivity index is 1.16. The monoisotopic (exact) mass is 518 g/mol. The summed E-state index contributed by atoms with van der Waals surface area (Å²) in [4.78, 5) is 17.3. The highest BCUT2D eigenvalue weighted by atomic mass is 35.5. The van der Waals surface area contributed by atoms with Crippen LogP contribution in [0.2, 0.25) is 5.02 Å². The number of rotatable bonds is 7. The number of ether oxygens (including phenoxy) is 1. The lowest BCUT2D eigenvalue weighted by Crippen LogP contribution is -2.48. The second-order valence-corrected chi connectivity index (χ2v) is 9.81. The van der Waals surface area contributed by atoms with Crippen LogP contribution < -0.4 is 4.74 Å². The molecule has 1 aliphatic rings. The molecule has 0 saturated carbocycles. The van der Waals surface area contributed by atoms with Crippen molar-refractivity contribution in [2.45, 2.75) is 33.9 Å². The van der Waals surface area contributed by atoms with Crippen molar-refractivity contribution in [1.29, 1.82) is 0 Å². The third-order valence-corrected chi connectivity index (χ3v) is 7.18. The summed E-state index contributed by atoms with van der Waals surface area (Å²) in [7, 11) is 0. The van der Waals surface area contributed by atoms with Gasteiger partial charge in [0.05, 0.1) is 16.4 Å². The van der Waals surface area contributed by atoms with Crippen molar-refractivity contribution in [2.24, 2.45) is 0 Å². The van der Waals surface area contributed by atoms with Crippen LogP contribution in [0.25, 0.3) is 5.69 Å². The molecule has 0 N–H and O–H groups in total. The molecule has 0 atom stereocenters. The number of amides is 1. The molecule has 4 aromatic rings. The number of para-hydroxylation sites is 2. The van der Waals surface area contributed by atoms with Gasteiger partial charge in [0.1, 0.15) is 18.1 Å². The summed E-state index contributed by atoms with van der Waals surface area (Å²) < 4.78 is 13.7. The lowest BCUT2D eigenvalue weighted by molar-refractivity contribution is 0.0593. The number of hydrogen-bond acceptors (Lipinski definition) is 5. The molecule has 8 heteroatoms. The van der Waals surface area contributed by atoms with Crippen LogP contribution in [-0.2, 0) is 13.2 Å². The van der Waals surface area contributed by atoms with E-state index < -0.39 is 0 Å². The standard InChI is InChI=1S/C29H31ClN4O3/c1-20-8-7-11-26(30)28(20)36-19-24-12-13-27(37-24)29(35)33-16-14-32(15-17-33)18-25-21(2)31-34(22(25)3)23-9-5-4-6-10-23/h4-13H,14-19H2,1-3H3. The fourth-order valence-electron chi connectivity index (χ4n) is 4.73. The molecule has 0 aliphatic carbocycles. The van der Waals surface area contributed by atoms with Crippen LogP contribution in [0.1, 0.15) is 38.8 Å². The number of hydrogen-bond donors (Lipinski definition) is 0. The Kier molecular flexibility index (Phi) is 7.35. The molecular weight excluding hydrogens is 488 g/mol. The van der Waals surface area contributed by atoms with Gasteiger partial charge in [0.15, 0.2) is 5.76 Å². The van der Waals surface area contributed by atoms with Crippen molar-refractivity contribution in [3.63, 3.8) is 0 Å². The third kappa shape index (κ3) is 5.43. The molecule has 2 aromatic carbocycles. The lowest BCUT2D eigenvalue weighted by Gasteiger charge is -2.34. The van der Waals surface area contributed by atoms with E-state index in [4.69, 9.17) is 25.9 Å². The predicted octanol–water partition coefficient (Wildman–Crippen LogP) is 5.58. The number of furan rings is 1. The van der Waals surface area contributed by atoms with Crippen molar-refractivity contribution in [1.82, 2.24) is 19.6 Å². The molecular formula is C29H31ClN4O3. The first-order valence-electron chi connectivity index (χ1n) is 12.5. The minimum atomic E-state index is -0.0934. The van der Waals surface area contributed by atoms with Gasteiger partial charge in [-0.2, -0.15) is 5.10 Å². The molecule has 1 aliphatic heterocycles. The normalized spacial score (nSPS) is 14.2. The van der Waals surface area contributed by atoms with Crippen LogP contribution in [0.4, 0.5) is 0 Å². The highest BCUT2D eigenvalue weighted by Crippen LogP contribution is 2.29. The van der Waals surface area contributed by atoms with Gasteiger partial charge in [-0.25, -0.2) is 4.68 Å². The lowest BCUT2D eigenvalue weighted by atomic mass is 10.1. The largest absolute Gasteiger partial charge is 0.484 e. The highest BCUT2D eigenvalue weighted by Gasteiger charge is 2.26. The van der Waals surface area contributed by atoms with E-state index in [1.807, 2.05) is 46.8 Å². The van der Waals surface area contributed by atoms with Gasteiger partial charge in [0.2, 0.25) is 0 Å². The number of nitrogens with zero attached hydrogens (tertiary/aromatic N) is 4. The summed E-state index contributed by atoms with van der Waals surface area (Å²) in [6, 6.07) is 19.3. The molecule has 192 valence electrons. The van der Waals surface area contributed by atoms with Crippen molar-refractivity contribution in [3.8, 4) is 11.4 Å². The average Bonchev–Trinajstić information content (AvgIpc) is 3.49. The van der Waals surface area contributed by atoms with E-state index in [2.05, 4.69) is 30.9 Å². The van der Waals surface area contributed by atoms with Crippen molar-refractivity contribution < 1.29 is 13.9 Å². The van der Waals surface area contributed by atoms with Gasteiger partial charge in [0, 0.05) is 44.0 Å². The van der Waals surface area contributed by atoms with Crippen LogP contribution in [0.15, 0.2) is 65.1 Å². The van der Waals surface area contributed by atoms with E-state index in [1.165, 1.54) is 5.56 Å². The third-order valence-electron chi connectivity index (χ3n) is 6.88. The molecule has 1 saturated heterocycles. The Morgan fingerprint density at radius 1 is 0.973 bits per heavy atom. The highest BCUT2D eigenvalue weighted by molar-refractivity contribution is 6.32. The molecule has 0 bridgehead atoms. The molecule has 0 unspecified atom stereocenters. The van der Waals surface area contributed by atoms with E-state index in [0.29, 0.717) is 35.4 Å². The van der Waals surface area contributed by atoms with Crippen LogP contribution in [0.3, 0.4) is 0 Å². The number of halogens is 1. The number of benzene rings is 2. The molecule has 1 amide bonds. The molecule has 0 radical (unpaired) electrons. The topological polar surface area (TPSA) is 63.7 Å². The minimum absolute atomic E-state index is 0.0934. The van der Waals surface area contributed by atoms with Crippen LogP contribution in [0.5, 0.6) is 5.75 Å². The van der Waals surface area contributed by atoms with Crippen LogP contribution in [0, 0.1) is 20.8 Å². The Bertz CT molecular complexity index is 1370. The first-order chi connectivity index (χ1) is 17.9. The maximum absolute atomic E-state index is 13.1. The first kappa shape index (κ1) is 25.1. The van der Waals surface area contributed by atoms with Crippen molar-refractivity contribution in [3.05, 3.63) is 99.7 Å². The maximum atomic E-state index is 13.1. The van der Waals surface area contributed by atoms with E-state index in [-0.39, 0.29) is 12.5 Å². The van der Waals surface area contributed by atoms with Gasteiger partial charge < -0.3 is 14.1 Å². The van der Waals surface area contributed by atoms with E-state index in [0.717, 1.165) is 42.3 Å². The minimum Gasteiger partial charge on any atom is -0.484 e. The smallest absolute Gasteiger partial charge is 0.289 e. The van der Waals surface area contributed by atoms with Crippen LogP contribution in [-0.4, -0.2) is 51.7 Å². The molecule has 0 spiro atoms. The molecule has 5 rings (SSSR count). The number of carbonyl (C=O) groups is 1. The Hall–Kier alpha value is -3.55. The second kappa shape index (κ2) is 10.8. The SMILES string of the molecule is Cc1cccc(Cl)c1OCc1ccc(C(=O)N2CCN(Cc3c(C)nn(-c4ccccc4)c3C)CC2)o1. The van der Waals surface area contributed by atoms with Gasteiger partial charge in [0.25, 0.3) is 5.91 Å². The quantitative estimate of drug-likeness (QED) is 0.319. The number of carbonyl (C=O) groups excluding carboxylic acids is 1. The maximum Gasteiger partial charge on any atom is 0.289 e. The van der Waals surface area contributed by atoms with E-state index in [9.17, 15) is 4.79 Å². The summed E-state index contributed by atoms with van der Waals surface area (Å²) >= 11 is 6.24. The summed E-state index contributed by atoms with van der Waals surface area (Å²) in [6.07, 6.45) is 0.